The Morgan fingerprint density at radius 1 is 1.38 bits per heavy atom. The van der Waals surface area contributed by atoms with Gasteiger partial charge in [0.2, 0.25) is 0 Å². The van der Waals surface area contributed by atoms with Gasteiger partial charge in [-0.15, -0.1) is 0 Å². The van der Waals surface area contributed by atoms with E-state index in [9.17, 15) is 14.9 Å². The van der Waals surface area contributed by atoms with Gasteiger partial charge in [0.1, 0.15) is 6.61 Å². The van der Waals surface area contributed by atoms with Gasteiger partial charge in [-0.2, -0.15) is 0 Å². The Labute approximate surface area is 194 Å². The zero-order valence-electron chi connectivity index (χ0n) is 17.8. The van der Waals surface area contributed by atoms with Crippen LogP contribution >= 0.6 is 15.9 Å². The predicted octanol–water partition coefficient (Wildman–Crippen LogP) is 3.93. The number of rotatable bonds is 7. The van der Waals surface area contributed by atoms with Gasteiger partial charge in [0.15, 0.2) is 17.0 Å². The molecule has 0 bridgehead atoms. The minimum absolute atomic E-state index is 0.293. The number of likely N-dealkylation sites (tertiary alicyclic amines) is 1. The molecule has 2 aliphatic rings. The van der Waals surface area contributed by atoms with Crippen molar-refractivity contribution in [3.05, 3.63) is 74.8 Å². The summed E-state index contributed by atoms with van der Waals surface area (Å²) in [7, 11) is 1.76. The van der Waals surface area contributed by atoms with Crippen LogP contribution in [0.1, 0.15) is 24.0 Å². The number of anilines is 1. The van der Waals surface area contributed by atoms with E-state index in [-0.39, 0.29) is 10.8 Å². The van der Waals surface area contributed by atoms with Crippen LogP contribution in [0.2, 0.25) is 0 Å². The Hall–Kier alpha value is -2.91. The molecular weight excluding hydrogens is 478 g/mol. The molecule has 8 nitrogen and oxygen atoms in total. The molecule has 1 saturated heterocycles. The number of amides is 1. The van der Waals surface area contributed by atoms with Crippen molar-refractivity contribution in [2.75, 3.05) is 32.1 Å². The molecule has 2 aromatic rings. The van der Waals surface area contributed by atoms with E-state index in [4.69, 9.17) is 9.47 Å². The number of fused-ring (bicyclic) bond motifs is 2. The number of nitrogens with zero attached hydrogens (tertiary/aromatic N) is 2. The first-order chi connectivity index (χ1) is 15.4. The van der Waals surface area contributed by atoms with Crippen molar-refractivity contribution >= 4 is 27.5 Å². The largest absolute Gasteiger partial charge is 0.490 e. The summed E-state index contributed by atoms with van der Waals surface area (Å²) >= 11 is 3.53. The first kappa shape index (κ1) is 22.3. The van der Waals surface area contributed by atoms with Gasteiger partial charge in [0.25, 0.3) is 11.9 Å². The second kappa shape index (κ2) is 8.55. The van der Waals surface area contributed by atoms with Crippen molar-refractivity contribution in [1.82, 2.24) is 4.90 Å². The monoisotopic (exact) mass is 501 g/mol. The summed E-state index contributed by atoms with van der Waals surface area (Å²) in [5.74, 6) is 0.0789. The molecule has 3 atom stereocenters. The Morgan fingerprint density at radius 2 is 2.12 bits per heavy atom. The molecule has 0 aromatic heterocycles. The van der Waals surface area contributed by atoms with Crippen molar-refractivity contribution in [2.24, 2.45) is 0 Å². The van der Waals surface area contributed by atoms with Crippen molar-refractivity contribution < 1.29 is 19.2 Å². The Bertz CT molecular complexity index is 1090. The van der Waals surface area contributed by atoms with Crippen LogP contribution in [0.5, 0.6) is 11.5 Å². The van der Waals surface area contributed by atoms with Gasteiger partial charge in [-0.1, -0.05) is 30.9 Å². The second-order valence-corrected chi connectivity index (χ2v) is 8.70. The van der Waals surface area contributed by atoms with Crippen LogP contribution in [-0.4, -0.2) is 48.6 Å². The fourth-order valence-electron chi connectivity index (χ4n) is 4.93. The van der Waals surface area contributed by atoms with Gasteiger partial charge >= 0.3 is 0 Å². The number of benzene rings is 2. The minimum Gasteiger partial charge on any atom is -0.490 e. The first-order valence-electron chi connectivity index (χ1n) is 10.3. The topological polar surface area (TPSA) is 93.9 Å². The number of para-hydroxylation sites is 1. The predicted molar refractivity (Wildman–Crippen MR) is 124 cm³/mol. The summed E-state index contributed by atoms with van der Waals surface area (Å²) in [6.07, 6.45) is 1.63. The number of hydrogen-bond donors (Lipinski definition) is 1. The maximum Gasteiger partial charge on any atom is 0.256 e. The van der Waals surface area contributed by atoms with Gasteiger partial charge in [-0.25, -0.2) is 0 Å². The van der Waals surface area contributed by atoms with E-state index in [0.717, 1.165) is 0 Å². The van der Waals surface area contributed by atoms with Crippen LogP contribution in [0, 0.1) is 10.1 Å². The smallest absolute Gasteiger partial charge is 0.256 e. The Morgan fingerprint density at radius 3 is 2.81 bits per heavy atom. The molecule has 0 unspecified atom stereocenters. The molecule has 0 aliphatic carbocycles. The van der Waals surface area contributed by atoms with Crippen molar-refractivity contribution in [2.45, 2.75) is 24.4 Å². The molecule has 2 aromatic carbocycles. The highest BCUT2D eigenvalue weighted by Gasteiger charge is 2.68. The number of carbonyl (C=O) groups is 1. The molecule has 2 heterocycles. The number of nitro groups is 1. The Balaban J connectivity index is 1.84. The molecule has 168 valence electrons. The average molecular weight is 502 g/mol. The molecule has 1 fully saturated rings. The summed E-state index contributed by atoms with van der Waals surface area (Å²) in [6.45, 7) is 6.55. The average Bonchev–Trinajstić information content (AvgIpc) is 3.23. The van der Waals surface area contributed by atoms with Gasteiger partial charge in [-0.05, 0) is 53.7 Å². The SMILES string of the molecule is C=CCOc1c(Br)cc([C@@H]2CN(C)[C@]3(C(=O)Nc4ccccc43)[C@H]2[N+](=O)[O-])cc1OCC. The maximum atomic E-state index is 13.2. The third kappa shape index (κ3) is 3.27. The second-order valence-electron chi connectivity index (χ2n) is 7.85. The maximum absolute atomic E-state index is 13.2. The molecule has 1 spiro atoms. The number of hydrogen-bond acceptors (Lipinski definition) is 6. The third-order valence-corrected chi connectivity index (χ3v) is 6.74. The summed E-state index contributed by atoms with van der Waals surface area (Å²) in [6, 6.07) is 9.57. The summed E-state index contributed by atoms with van der Waals surface area (Å²) in [5.41, 5.74) is 0.558. The normalized spacial score (nSPS) is 24.3. The number of ether oxygens (including phenoxy) is 2. The summed E-state index contributed by atoms with van der Waals surface area (Å²) in [5, 5.41) is 15.3. The lowest BCUT2D eigenvalue weighted by atomic mass is 9.79. The van der Waals surface area contributed by atoms with Crippen LogP contribution in [0.4, 0.5) is 5.69 Å². The lowest BCUT2D eigenvalue weighted by Gasteiger charge is -2.30. The third-order valence-electron chi connectivity index (χ3n) is 6.15. The molecular formula is C23H24BrN3O5. The van der Waals surface area contributed by atoms with E-state index in [1.54, 1.807) is 48.4 Å². The quantitative estimate of drug-likeness (QED) is 0.350. The van der Waals surface area contributed by atoms with E-state index in [1.165, 1.54) is 0 Å². The zero-order valence-corrected chi connectivity index (χ0v) is 19.4. The molecule has 1 amide bonds. The van der Waals surface area contributed by atoms with E-state index in [2.05, 4.69) is 27.8 Å². The van der Waals surface area contributed by atoms with E-state index < -0.39 is 17.5 Å². The highest BCUT2D eigenvalue weighted by Crippen LogP contribution is 2.53. The summed E-state index contributed by atoms with van der Waals surface area (Å²) < 4.78 is 12.1. The molecule has 32 heavy (non-hydrogen) atoms. The zero-order chi connectivity index (χ0) is 23.0. The lowest BCUT2D eigenvalue weighted by molar-refractivity contribution is -0.534. The number of carbonyl (C=O) groups excluding carboxylic acids is 1. The fraction of sp³-hybridized carbons (Fsp3) is 0.348. The highest BCUT2D eigenvalue weighted by atomic mass is 79.9. The minimum atomic E-state index is -1.39. The molecule has 1 N–H and O–H groups in total. The van der Waals surface area contributed by atoms with Gasteiger partial charge in [0.05, 0.1) is 17.0 Å². The van der Waals surface area contributed by atoms with Crippen LogP contribution in [0.25, 0.3) is 0 Å². The van der Waals surface area contributed by atoms with Crippen molar-refractivity contribution in [1.29, 1.82) is 0 Å². The van der Waals surface area contributed by atoms with Crippen LogP contribution in [-0.2, 0) is 10.3 Å². The van der Waals surface area contributed by atoms with E-state index in [0.29, 0.717) is 52.5 Å². The molecule has 0 saturated carbocycles. The number of halogens is 1. The van der Waals surface area contributed by atoms with Crippen molar-refractivity contribution in [3.63, 3.8) is 0 Å². The standard InChI is InChI=1S/C23H24BrN3O5/c1-4-10-32-20-17(24)11-14(12-19(20)31-5-2)15-13-26(3)23(21(15)27(29)30)16-8-6-7-9-18(16)25-22(23)28/h4,6-9,11-12,15,21H,1,5,10,13H2,2-3H3,(H,25,28)/t15-,21-,23-/m0/s1. The van der Waals surface area contributed by atoms with Gasteiger partial charge in [-0.3, -0.25) is 19.8 Å². The molecule has 4 rings (SSSR count). The van der Waals surface area contributed by atoms with Crippen LogP contribution in [0.3, 0.4) is 0 Å². The van der Waals surface area contributed by atoms with E-state index in [1.807, 2.05) is 13.0 Å². The summed E-state index contributed by atoms with van der Waals surface area (Å²) in [4.78, 5) is 27.2. The van der Waals surface area contributed by atoms with Gasteiger partial charge < -0.3 is 14.8 Å². The molecule has 2 aliphatic heterocycles. The first-order valence-corrected chi connectivity index (χ1v) is 11.1. The number of nitrogens with one attached hydrogen (secondary N) is 1. The van der Waals surface area contributed by atoms with Gasteiger partial charge in [0, 0.05) is 22.7 Å². The Kier molecular flexibility index (Phi) is 5.96. The fourth-order valence-corrected chi connectivity index (χ4v) is 5.50. The molecule has 0 radical (unpaired) electrons. The highest BCUT2D eigenvalue weighted by molar-refractivity contribution is 9.10. The molecule has 9 heteroatoms. The van der Waals surface area contributed by atoms with E-state index >= 15 is 0 Å². The van der Waals surface area contributed by atoms with Crippen LogP contribution in [0.15, 0.2) is 53.5 Å². The number of likely N-dealkylation sites (N-methyl/N-ethyl adjacent to an activating group) is 1. The van der Waals surface area contributed by atoms with Crippen LogP contribution < -0.4 is 14.8 Å². The van der Waals surface area contributed by atoms with Crippen molar-refractivity contribution in [3.8, 4) is 11.5 Å². The lowest BCUT2D eigenvalue weighted by Crippen LogP contribution is -2.54.